The van der Waals surface area contributed by atoms with Gasteiger partial charge in [-0.05, 0) is 44.0 Å². The summed E-state index contributed by atoms with van der Waals surface area (Å²) in [6.45, 7) is 5.92. The summed E-state index contributed by atoms with van der Waals surface area (Å²) in [6, 6.07) is 9.70. The van der Waals surface area contributed by atoms with Crippen LogP contribution in [0.2, 0.25) is 0 Å². The topological polar surface area (TPSA) is 81.6 Å². The zero-order valence-corrected chi connectivity index (χ0v) is 14.6. The molecule has 0 spiro atoms. The molecular formula is C18H18N4OS. The molecule has 122 valence electrons. The Balaban J connectivity index is 1.87. The van der Waals surface area contributed by atoms with Crippen LogP contribution in [0.3, 0.4) is 0 Å². The highest BCUT2D eigenvalue weighted by atomic mass is 32.1. The van der Waals surface area contributed by atoms with Crippen molar-refractivity contribution in [2.24, 2.45) is 0 Å². The number of aromatic amines is 1. The van der Waals surface area contributed by atoms with Crippen molar-refractivity contribution in [3.8, 4) is 6.07 Å². The lowest BCUT2D eigenvalue weighted by molar-refractivity contribution is 0.792. The van der Waals surface area contributed by atoms with Gasteiger partial charge in [0.15, 0.2) is 0 Å². The van der Waals surface area contributed by atoms with Gasteiger partial charge in [-0.15, -0.1) is 11.3 Å². The predicted molar refractivity (Wildman–Crippen MR) is 97.5 cm³/mol. The number of fused-ring (bicyclic) bond motifs is 1. The number of anilines is 1. The van der Waals surface area contributed by atoms with Crippen LogP contribution >= 0.6 is 11.3 Å². The third-order valence-corrected chi connectivity index (χ3v) is 5.19. The van der Waals surface area contributed by atoms with Crippen LogP contribution in [0.15, 0.2) is 29.1 Å². The van der Waals surface area contributed by atoms with Gasteiger partial charge in [0.25, 0.3) is 5.56 Å². The summed E-state index contributed by atoms with van der Waals surface area (Å²) in [7, 11) is 0. The summed E-state index contributed by atoms with van der Waals surface area (Å²) in [5.41, 5.74) is 2.82. The van der Waals surface area contributed by atoms with Gasteiger partial charge in [0.1, 0.15) is 10.7 Å². The zero-order valence-electron chi connectivity index (χ0n) is 13.8. The highest BCUT2D eigenvalue weighted by Crippen LogP contribution is 2.27. The van der Waals surface area contributed by atoms with E-state index < -0.39 is 0 Å². The van der Waals surface area contributed by atoms with Crippen molar-refractivity contribution in [2.75, 3.05) is 5.32 Å². The fraction of sp³-hybridized carbons (Fsp3) is 0.278. The Labute approximate surface area is 144 Å². The van der Waals surface area contributed by atoms with E-state index in [0.717, 1.165) is 26.5 Å². The second-order valence-corrected chi connectivity index (χ2v) is 7.02. The van der Waals surface area contributed by atoms with Crippen LogP contribution in [0.25, 0.3) is 10.2 Å². The van der Waals surface area contributed by atoms with Crippen LogP contribution in [0.4, 0.5) is 5.69 Å². The number of H-pyrrole nitrogens is 1. The summed E-state index contributed by atoms with van der Waals surface area (Å²) in [4.78, 5) is 21.8. The maximum absolute atomic E-state index is 12.4. The lowest BCUT2D eigenvalue weighted by atomic mass is 10.1. The summed E-state index contributed by atoms with van der Waals surface area (Å²) in [6.07, 6.45) is 0.401. The number of nitrogens with zero attached hydrogens (tertiary/aromatic N) is 2. The first-order valence-corrected chi connectivity index (χ1v) is 8.53. The SMILES string of the molecule is Cc1sc2nc(C(C)Nc3ccc(CC#N)cc3)[nH]c(=O)c2c1C. The van der Waals surface area contributed by atoms with Crippen molar-refractivity contribution in [3.63, 3.8) is 0 Å². The summed E-state index contributed by atoms with van der Waals surface area (Å²) in [5, 5.41) is 12.7. The largest absolute Gasteiger partial charge is 0.375 e. The maximum atomic E-state index is 12.4. The minimum atomic E-state index is -0.133. The zero-order chi connectivity index (χ0) is 17.3. The molecule has 6 heteroatoms. The lowest BCUT2D eigenvalue weighted by Gasteiger charge is -2.14. The van der Waals surface area contributed by atoms with Crippen molar-refractivity contribution in [1.82, 2.24) is 9.97 Å². The fourth-order valence-corrected chi connectivity index (χ4v) is 3.64. The number of thiophene rings is 1. The van der Waals surface area contributed by atoms with Gasteiger partial charge in [0.05, 0.1) is 23.9 Å². The molecule has 2 heterocycles. The first-order chi connectivity index (χ1) is 11.5. The molecule has 1 atom stereocenters. The summed E-state index contributed by atoms with van der Waals surface area (Å²) in [5.74, 6) is 0.620. The molecule has 3 aromatic rings. The van der Waals surface area contributed by atoms with E-state index in [1.807, 2.05) is 45.0 Å². The Morgan fingerprint density at radius 1 is 1.33 bits per heavy atom. The highest BCUT2D eigenvalue weighted by molar-refractivity contribution is 7.18. The molecule has 24 heavy (non-hydrogen) atoms. The molecule has 0 radical (unpaired) electrons. The molecule has 0 bridgehead atoms. The van der Waals surface area contributed by atoms with Crippen LogP contribution in [-0.2, 0) is 6.42 Å². The molecule has 3 rings (SSSR count). The first kappa shape index (κ1) is 16.2. The number of nitrogens with one attached hydrogen (secondary N) is 2. The number of aryl methyl sites for hydroxylation is 2. The van der Waals surface area contributed by atoms with Gasteiger partial charge in [0, 0.05) is 10.6 Å². The fourth-order valence-electron chi connectivity index (χ4n) is 2.60. The minimum absolute atomic E-state index is 0.0881. The van der Waals surface area contributed by atoms with Crippen LogP contribution in [0, 0.1) is 25.2 Å². The molecule has 5 nitrogen and oxygen atoms in total. The molecule has 0 saturated carbocycles. The van der Waals surface area contributed by atoms with E-state index in [9.17, 15) is 4.79 Å². The molecule has 0 amide bonds. The third-order valence-electron chi connectivity index (χ3n) is 4.09. The highest BCUT2D eigenvalue weighted by Gasteiger charge is 2.15. The average molecular weight is 338 g/mol. The van der Waals surface area contributed by atoms with Gasteiger partial charge < -0.3 is 10.3 Å². The number of aromatic nitrogens is 2. The van der Waals surface area contributed by atoms with Crippen LogP contribution in [0.1, 0.15) is 34.8 Å². The van der Waals surface area contributed by atoms with E-state index in [0.29, 0.717) is 17.6 Å². The van der Waals surface area contributed by atoms with Gasteiger partial charge in [-0.25, -0.2) is 4.98 Å². The molecule has 0 saturated heterocycles. The van der Waals surface area contributed by atoms with Gasteiger partial charge in [-0.3, -0.25) is 4.79 Å². The van der Waals surface area contributed by atoms with Crippen molar-refractivity contribution in [3.05, 3.63) is 56.4 Å². The number of nitriles is 1. The second kappa shape index (κ2) is 6.46. The quantitative estimate of drug-likeness (QED) is 0.757. The van der Waals surface area contributed by atoms with E-state index in [1.54, 1.807) is 11.3 Å². The van der Waals surface area contributed by atoms with Crippen LogP contribution < -0.4 is 10.9 Å². The number of rotatable bonds is 4. The smallest absolute Gasteiger partial charge is 0.259 e. The number of benzene rings is 1. The van der Waals surface area contributed by atoms with Crippen molar-refractivity contribution in [1.29, 1.82) is 5.26 Å². The Kier molecular flexibility index (Phi) is 4.36. The number of hydrogen-bond donors (Lipinski definition) is 2. The van der Waals surface area contributed by atoms with Crippen molar-refractivity contribution < 1.29 is 0 Å². The molecule has 0 aliphatic carbocycles. The van der Waals surface area contributed by atoms with Crippen LogP contribution in [-0.4, -0.2) is 9.97 Å². The van der Waals surface area contributed by atoms with Gasteiger partial charge in [-0.2, -0.15) is 5.26 Å². The molecule has 2 N–H and O–H groups in total. The van der Waals surface area contributed by atoms with E-state index >= 15 is 0 Å². The van der Waals surface area contributed by atoms with Gasteiger partial charge in [-0.1, -0.05) is 12.1 Å². The molecule has 0 aliphatic heterocycles. The maximum Gasteiger partial charge on any atom is 0.259 e. The molecule has 1 aromatic carbocycles. The molecule has 2 aromatic heterocycles. The summed E-state index contributed by atoms with van der Waals surface area (Å²) < 4.78 is 0. The van der Waals surface area contributed by atoms with E-state index in [4.69, 9.17) is 5.26 Å². The van der Waals surface area contributed by atoms with Crippen molar-refractivity contribution >= 4 is 27.2 Å². The standard InChI is InChI=1S/C18H18N4OS/c1-10-12(3)24-18-15(10)17(23)21-16(22-18)11(2)20-14-6-4-13(5-7-14)8-9-19/h4-7,11,20H,8H2,1-3H3,(H,21,22,23). The molecule has 1 unspecified atom stereocenters. The van der Waals surface area contributed by atoms with Crippen LogP contribution in [0.5, 0.6) is 0 Å². The lowest BCUT2D eigenvalue weighted by Crippen LogP contribution is -2.17. The normalized spacial score (nSPS) is 12.1. The Bertz CT molecular complexity index is 979. The monoisotopic (exact) mass is 338 g/mol. The Morgan fingerprint density at radius 3 is 2.71 bits per heavy atom. The summed E-state index contributed by atoms with van der Waals surface area (Å²) >= 11 is 1.55. The van der Waals surface area contributed by atoms with E-state index in [2.05, 4.69) is 21.4 Å². The van der Waals surface area contributed by atoms with E-state index in [1.165, 1.54) is 0 Å². The second-order valence-electron chi connectivity index (χ2n) is 5.81. The Morgan fingerprint density at radius 2 is 2.04 bits per heavy atom. The van der Waals surface area contributed by atoms with E-state index in [-0.39, 0.29) is 11.6 Å². The van der Waals surface area contributed by atoms with Gasteiger partial charge in [0.2, 0.25) is 0 Å². The van der Waals surface area contributed by atoms with Gasteiger partial charge >= 0.3 is 0 Å². The molecule has 0 fully saturated rings. The Hall–Kier alpha value is -2.65. The predicted octanol–water partition coefficient (Wildman–Crippen LogP) is 3.84. The first-order valence-electron chi connectivity index (χ1n) is 7.72. The average Bonchev–Trinajstić information content (AvgIpc) is 2.84. The molecule has 0 aliphatic rings. The molecular weight excluding hydrogens is 320 g/mol. The number of hydrogen-bond acceptors (Lipinski definition) is 5. The van der Waals surface area contributed by atoms with Crippen molar-refractivity contribution in [2.45, 2.75) is 33.2 Å². The minimum Gasteiger partial charge on any atom is -0.375 e. The third kappa shape index (κ3) is 3.03.